The fourth-order valence-corrected chi connectivity index (χ4v) is 5.59. The maximum atomic E-state index is 13.1. The van der Waals surface area contributed by atoms with Crippen LogP contribution in [0.1, 0.15) is 67.6 Å². The van der Waals surface area contributed by atoms with Crippen molar-refractivity contribution in [1.29, 1.82) is 0 Å². The zero-order chi connectivity index (χ0) is 27.5. The zero-order valence-corrected chi connectivity index (χ0v) is 21.7. The normalized spacial score (nSPS) is 26.0. The Bertz CT molecular complexity index is 1120. The Morgan fingerprint density at radius 3 is 2.50 bits per heavy atom. The summed E-state index contributed by atoms with van der Waals surface area (Å²) in [5.41, 5.74) is -1.28. The van der Waals surface area contributed by atoms with Crippen LogP contribution in [0.15, 0.2) is 48.7 Å². The van der Waals surface area contributed by atoms with Crippen molar-refractivity contribution in [1.82, 2.24) is 20.5 Å². The van der Waals surface area contributed by atoms with Gasteiger partial charge < -0.3 is 20.6 Å². The van der Waals surface area contributed by atoms with E-state index in [2.05, 4.69) is 15.6 Å². The first-order valence-corrected chi connectivity index (χ1v) is 13.1. The van der Waals surface area contributed by atoms with E-state index >= 15 is 0 Å². The molecule has 1 unspecified atom stereocenters. The number of aromatic nitrogens is 1. The Hall–Kier alpha value is -2.98. The lowest BCUT2D eigenvalue weighted by Gasteiger charge is -2.37. The first kappa shape index (κ1) is 28.0. The third-order valence-corrected chi connectivity index (χ3v) is 7.71. The molecule has 0 spiro atoms. The number of hydrogen-bond donors (Lipinski definition) is 3. The molecule has 38 heavy (non-hydrogen) atoms. The average molecular weight is 533 g/mol. The van der Waals surface area contributed by atoms with Crippen molar-refractivity contribution in [2.24, 2.45) is 5.92 Å². The molecule has 2 amide bonds. The van der Waals surface area contributed by atoms with Gasteiger partial charge in [0.1, 0.15) is 5.60 Å². The molecule has 0 bridgehead atoms. The molecule has 2 aromatic rings. The van der Waals surface area contributed by atoms with Gasteiger partial charge in [-0.15, -0.1) is 0 Å². The average Bonchev–Trinajstić information content (AvgIpc) is 3.33. The van der Waals surface area contributed by atoms with E-state index in [0.29, 0.717) is 25.1 Å². The van der Waals surface area contributed by atoms with Crippen molar-refractivity contribution in [2.45, 2.75) is 75.9 Å². The van der Waals surface area contributed by atoms with E-state index in [0.717, 1.165) is 31.4 Å². The summed E-state index contributed by atoms with van der Waals surface area (Å²) in [4.78, 5) is 31.6. The van der Waals surface area contributed by atoms with E-state index in [9.17, 15) is 27.9 Å². The Labute approximate surface area is 220 Å². The second kappa shape index (κ2) is 11.4. The molecule has 10 heteroatoms. The molecule has 0 radical (unpaired) electrons. The predicted octanol–water partition coefficient (Wildman–Crippen LogP) is 3.88. The highest BCUT2D eigenvalue weighted by Crippen LogP contribution is 2.37. The van der Waals surface area contributed by atoms with Gasteiger partial charge >= 0.3 is 6.18 Å². The number of likely N-dealkylation sites (tertiary alicyclic amines) is 1. The van der Waals surface area contributed by atoms with Crippen molar-refractivity contribution >= 4 is 11.8 Å². The molecular weight excluding hydrogens is 497 g/mol. The number of aliphatic hydroxyl groups is 1. The first-order valence-electron chi connectivity index (χ1n) is 13.1. The lowest BCUT2D eigenvalue weighted by molar-refractivity contribution is -0.137. The second-order valence-corrected chi connectivity index (χ2v) is 10.7. The maximum Gasteiger partial charge on any atom is 0.416 e. The summed E-state index contributed by atoms with van der Waals surface area (Å²) in [5.74, 6) is -0.783. The number of carbonyl (C=O) groups is 2. The van der Waals surface area contributed by atoms with Gasteiger partial charge in [-0.2, -0.15) is 13.2 Å². The smallest absolute Gasteiger partial charge is 0.384 e. The molecule has 4 rings (SSSR count). The van der Waals surface area contributed by atoms with Gasteiger partial charge in [-0.05, 0) is 68.4 Å². The van der Waals surface area contributed by atoms with Gasteiger partial charge in [0.25, 0.3) is 5.91 Å². The van der Waals surface area contributed by atoms with Gasteiger partial charge in [0.2, 0.25) is 5.91 Å². The fourth-order valence-electron chi connectivity index (χ4n) is 5.59. The lowest BCUT2D eigenvalue weighted by atomic mass is 9.79. The van der Waals surface area contributed by atoms with E-state index in [1.165, 1.54) is 12.1 Å². The molecule has 3 N–H and O–H groups in total. The number of alkyl halides is 3. The minimum absolute atomic E-state index is 0.0144. The molecule has 2 atom stereocenters. The third kappa shape index (κ3) is 6.53. The van der Waals surface area contributed by atoms with Crippen LogP contribution in [-0.4, -0.2) is 58.0 Å². The van der Waals surface area contributed by atoms with Crippen molar-refractivity contribution in [3.05, 3.63) is 65.5 Å². The SMILES string of the molecule is CC(C)[C@@H]1CC(NC2CCC(O)(c3ccccn3)CC2)CN1C(=O)CNC(=O)c1cccc(C(F)(F)F)c1. The van der Waals surface area contributed by atoms with Gasteiger partial charge in [0.15, 0.2) is 0 Å². The number of hydrogen-bond acceptors (Lipinski definition) is 5. The molecular formula is C28H35F3N4O3. The standard InChI is InChI=1S/C28H35F3N4O3/c1-18(2)23-15-22(34-21-9-11-27(38,12-10-21)24-8-3-4-13-32-24)17-35(23)25(36)16-33-26(37)19-6-5-7-20(14-19)28(29,30)31/h3-8,13-14,18,21-23,34,38H,9-12,15-17H2,1-2H3,(H,33,37)/t21?,22?,23-,27?/m0/s1. The van der Waals surface area contributed by atoms with Crippen molar-refractivity contribution in [3.63, 3.8) is 0 Å². The fraction of sp³-hybridized carbons (Fsp3) is 0.536. The van der Waals surface area contributed by atoms with Crippen LogP contribution in [0.5, 0.6) is 0 Å². The number of benzene rings is 1. The van der Waals surface area contributed by atoms with Crippen LogP contribution < -0.4 is 10.6 Å². The van der Waals surface area contributed by atoms with Crippen molar-refractivity contribution in [2.75, 3.05) is 13.1 Å². The molecule has 1 aliphatic carbocycles. The highest BCUT2D eigenvalue weighted by molar-refractivity contribution is 5.96. The number of halogens is 3. The van der Waals surface area contributed by atoms with Crippen LogP contribution in [0.2, 0.25) is 0 Å². The summed E-state index contributed by atoms with van der Waals surface area (Å²) in [7, 11) is 0. The van der Waals surface area contributed by atoms with Crippen molar-refractivity contribution in [3.8, 4) is 0 Å². The molecule has 1 saturated heterocycles. The monoisotopic (exact) mass is 532 g/mol. The van der Waals surface area contributed by atoms with Crippen LogP contribution >= 0.6 is 0 Å². The van der Waals surface area contributed by atoms with E-state index in [4.69, 9.17) is 0 Å². The summed E-state index contributed by atoms with van der Waals surface area (Å²) in [6.07, 6.45) is 0.692. The van der Waals surface area contributed by atoms with Gasteiger partial charge in [-0.1, -0.05) is 26.0 Å². The van der Waals surface area contributed by atoms with Crippen LogP contribution in [0.3, 0.4) is 0 Å². The van der Waals surface area contributed by atoms with Gasteiger partial charge in [0, 0.05) is 36.4 Å². The number of pyridine rings is 1. The molecule has 1 saturated carbocycles. The Morgan fingerprint density at radius 1 is 1.13 bits per heavy atom. The largest absolute Gasteiger partial charge is 0.416 e. The third-order valence-electron chi connectivity index (χ3n) is 7.71. The minimum atomic E-state index is -4.55. The Morgan fingerprint density at radius 2 is 1.87 bits per heavy atom. The molecule has 1 aliphatic heterocycles. The van der Waals surface area contributed by atoms with Crippen LogP contribution in [-0.2, 0) is 16.6 Å². The van der Waals surface area contributed by atoms with Crippen LogP contribution in [0, 0.1) is 5.92 Å². The van der Waals surface area contributed by atoms with Crippen LogP contribution in [0.4, 0.5) is 13.2 Å². The van der Waals surface area contributed by atoms with E-state index in [-0.39, 0.29) is 42.1 Å². The molecule has 206 valence electrons. The first-order chi connectivity index (χ1) is 18.0. The summed E-state index contributed by atoms with van der Waals surface area (Å²) >= 11 is 0. The highest BCUT2D eigenvalue weighted by Gasteiger charge is 2.40. The topological polar surface area (TPSA) is 94.6 Å². The summed E-state index contributed by atoms with van der Waals surface area (Å²) in [6.45, 7) is 4.29. The quantitative estimate of drug-likeness (QED) is 0.503. The molecule has 2 aliphatic rings. The molecule has 2 fully saturated rings. The number of carbonyl (C=O) groups excluding carboxylic acids is 2. The maximum absolute atomic E-state index is 13.1. The molecule has 1 aromatic carbocycles. The van der Waals surface area contributed by atoms with Gasteiger partial charge in [-0.25, -0.2) is 0 Å². The minimum Gasteiger partial charge on any atom is -0.384 e. The number of rotatable bonds is 7. The summed E-state index contributed by atoms with van der Waals surface area (Å²) in [6, 6.07) is 9.99. The molecule has 7 nitrogen and oxygen atoms in total. The van der Waals surface area contributed by atoms with E-state index < -0.39 is 23.2 Å². The van der Waals surface area contributed by atoms with Gasteiger partial charge in [0.05, 0.1) is 17.8 Å². The second-order valence-electron chi connectivity index (χ2n) is 10.7. The number of nitrogens with zero attached hydrogens (tertiary/aromatic N) is 2. The Balaban J connectivity index is 1.31. The molecule has 2 heterocycles. The highest BCUT2D eigenvalue weighted by atomic mass is 19.4. The number of nitrogens with one attached hydrogen (secondary N) is 2. The predicted molar refractivity (Wildman–Crippen MR) is 136 cm³/mol. The molecule has 1 aromatic heterocycles. The van der Waals surface area contributed by atoms with E-state index in [1.54, 1.807) is 11.1 Å². The summed E-state index contributed by atoms with van der Waals surface area (Å²) < 4.78 is 38.9. The lowest BCUT2D eigenvalue weighted by Crippen LogP contribution is -2.47. The zero-order valence-electron chi connectivity index (χ0n) is 21.7. The number of amides is 2. The summed E-state index contributed by atoms with van der Waals surface area (Å²) in [5, 5.41) is 17.2. The van der Waals surface area contributed by atoms with Gasteiger partial charge in [-0.3, -0.25) is 14.6 Å². The van der Waals surface area contributed by atoms with E-state index in [1.807, 2.05) is 32.0 Å². The van der Waals surface area contributed by atoms with Crippen LogP contribution in [0.25, 0.3) is 0 Å². The Kier molecular flexibility index (Phi) is 8.42. The van der Waals surface area contributed by atoms with Crippen molar-refractivity contribution < 1.29 is 27.9 Å².